The summed E-state index contributed by atoms with van der Waals surface area (Å²) in [5.74, 6) is 0. The van der Waals surface area contributed by atoms with Crippen LogP contribution in [0.3, 0.4) is 0 Å². The third kappa shape index (κ3) is 2.96. The fraction of sp³-hybridized carbons (Fsp3) is 1.00. The maximum absolute atomic E-state index is 3.58. The van der Waals surface area contributed by atoms with Gasteiger partial charge in [-0.3, -0.25) is 4.90 Å². The Morgan fingerprint density at radius 2 is 1.71 bits per heavy atom. The van der Waals surface area contributed by atoms with Crippen molar-refractivity contribution in [3.05, 3.63) is 0 Å². The van der Waals surface area contributed by atoms with Crippen LogP contribution in [0.5, 0.6) is 0 Å². The Hall–Kier alpha value is -0.0800. The monoisotopic (exact) mass is 198 g/mol. The van der Waals surface area contributed by atoms with E-state index in [0.717, 1.165) is 0 Å². The molecule has 2 atom stereocenters. The normalized spacial score (nSPS) is 30.6. The zero-order valence-corrected chi connectivity index (χ0v) is 10.4. The van der Waals surface area contributed by atoms with E-state index < -0.39 is 0 Å². The molecule has 1 N–H and O–H groups in total. The van der Waals surface area contributed by atoms with Gasteiger partial charge in [0.15, 0.2) is 0 Å². The molecule has 0 aromatic heterocycles. The molecule has 2 heteroatoms. The van der Waals surface area contributed by atoms with E-state index in [-0.39, 0.29) is 0 Å². The van der Waals surface area contributed by atoms with E-state index in [4.69, 9.17) is 0 Å². The van der Waals surface area contributed by atoms with Crippen LogP contribution in [0.2, 0.25) is 0 Å². The second-order valence-electron chi connectivity index (χ2n) is 5.44. The summed E-state index contributed by atoms with van der Waals surface area (Å²) >= 11 is 0. The molecule has 0 saturated carbocycles. The molecule has 1 aliphatic rings. The van der Waals surface area contributed by atoms with Crippen LogP contribution in [0.25, 0.3) is 0 Å². The highest BCUT2D eigenvalue weighted by atomic mass is 15.3. The van der Waals surface area contributed by atoms with Crippen molar-refractivity contribution in [2.45, 2.75) is 65.1 Å². The van der Waals surface area contributed by atoms with Crippen LogP contribution in [0.1, 0.15) is 47.5 Å². The first-order chi connectivity index (χ1) is 6.45. The number of nitrogens with zero attached hydrogens (tertiary/aromatic N) is 1. The van der Waals surface area contributed by atoms with Crippen LogP contribution in [0.4, 0.5) is 0 Å². The first-order valence-electron chi connectivity index (χ1n) is 5.97. The van der Waals surface area contributed by atoms with E-state index in [1.165, 1.54) is 25.9 Å². The molecule has 84 valence electrons. The second kappa shape index (κ2) is 4.63. The number of rotatable bonds is 3. The lowest BCUT2D eigenvalue weighted by molar-refractivity contribution is 0.0606. The van der Waals surface area contributed by atoms with Gasteiger partial charge in [-0.15, -0.1) is 0 Å². The van der Waals surface area contributed by atoms with Crippen LogP contribution in [-0.4, -0.2) is 35.6 Å². The highest BCUT2D eigenvalue weighted by Gasteiger charge is 2.31. The van der Waals surface area contributed by atoms with Gasteiger partial charge in [0.05, 0.1) is 0 Å². The zero-order chi connectivity index (χ0) is 10.8. The van der Waals surface area contributed by atoms with Crippen molar-refractivity contribution in [2.75, 3.05) is 13.1 Å². The molecule has 1 fully saturated rings. The van der Waals surface area contributed by atoms with Crippen molar-refractivity contribution >= 4 is 0 Å². The Kier molecular flexibility index (Phi) is 3.96. The lowest BCUT2D eigenvalue weighted by Crippen LogP contribution is -2.60. The highest BCUT2D eigenvalue weighted by Crippen LogP contribution is 2.23. The third-order valence-corrected chi connectivity index (χ3v) is 3.28. The average molecular weight is 198 g/mol. The van der Waals surface area contributed by atoms with Gasteiger partial charge in [0.1, 0.15) is 0 Å². The van der Waals surface area contributed by atoms with E-state index in [9.17, 15) is 0 Å². The lowest BCUT2D eigenvalue weighted by Gasteiger charge is -2.45. The molecule has 0 unspecified atom stereocenters. The van der Waals surface area contributed by atoms with Crippen molar-refractivity contribution in [2.24, 2.45) is 0 Å². The molecular weight excluding hydrogens is 172 g/mol. The van der Waals surface area contributed by atoms with Crippen LogP contribution in [0.15, 0.2) is 0 Å². The quantitative estimate of drug-likeness (QED) is 0.748. The fourth-order valence-corrected chi connectivity index (χ4v) is 2.59. The smallest absolute Gasteiger partial charge is 0.0169 e. The van der Waals surface area contributed by atoms with Gasteiger partial charge in [0.2, 0.25) is 0 Å². The van der Waals surface area contributed by atoms with Crippen molar-refractivity contribution < 1.29 is 0 Å². The van der Waals surface area contributed by atoms with Gasteiger partial charge in [0.25, 0.3) is 0 Å². The Labute approximate surface area is 89.1 Å². The van der Waals surface area contributed by atoms with Gasteiger partial charge in [-0.2, -0.15) is 0 Å². The van der Waals surface area contributed by atoms with Crippen molar-refractivity contribution in [3.63, 3.8) is 0 Å². The standard InChI is InChI=1S/C12H26N2/c1-6-7-12(4,5)14-8-10(2)13-11(3)9-14/h10-11,13H,6-9H2,1-5H3/t10-,11+. The molecule has 0 aromatic rings. The summed E-state index contributed by atoms with van der Waals surface area (Å²) in [5, 5.41) is 3.58. The zero-order valence-electron chi connectivity index (χ0n) is 10.4. The predicted molar refractivity (Wildman–Crippen MR) is 62.6 cm³/mol. The summed E-state index contributed by atoms with van der Waals surface area (Å²) in [6.45, 7) is 14.0. The average Bonchev–Trinajstić information content (AvgIpc) is 2.02. The summed E-state index contributed by atoms with van der Waals surface area (Å²) in [4.78, 5) is 2.64. The molecule has 1 aliphatic heterocycles. The molecule has 0 amide bonds. The minimum atomic E-state index is 0.374. The summed E-state index contributed by atoms with van der Waals surface area (Å²) in [6.07, 6.45) is 2.58. The van der Waals surface area contributed by atoms with E-state index in [0.29, 0.717) is 17.6 Å². The molecule has 0 radical (unpaired) electrons. The Morgan fingerprint density at radius 3 is 2.14 bits per heavy atom. The largest absolute Gasteiger partial charge is 0.309 e. The van der Waals surface area contributed by atoms with Gasteiger partial charge in [-0.25, -0.2) is 0 Å². The molecule has 0 spiro atoms. The highest BCUT2D eigenvalue weighted by molar-refractivity contribution is 4.89. The molecule has 14 heavy (non-hydrogen) atoms. The molecule has 0 aliphatic carbocycles. The number of hydrogen-bond acceptors (Lipinski definition) is 2. The Balaban J connectivity index is 2.57. The number of hydrogen-bond donors (Lipinski definition) is 1. The van der Waals surface area contributed by atoms with Crippen molar-refractivity contribution in [3.8, 4) is 0 Å². The second-order valence-corrected chi connectivity index (χ2v) is 5.44. The Bertz CT molecular complexity index is 167. The minimum Gasteiger partial charge on any atom is -0.309 e. The van der Waals surface area contributed by atoms with Gasteiger partial charge in [-0.1, -0.05) is 13.3 Å². The SMILES string of the molecule is CCCC(C)(C)N1C[C@@H](C)N[C@@H](C)C1. The number of piperazine rings is 1. The van der Waals surface area contributed by atoms with E-state index >= 15 is 0 Å². The van der Waals surface area contributed by atoms with Crippen molar-refractivity contribution in [1.29, 1.82) is 0 Å². The van der Waals surface area contributed by atoms with E-state index in [1.807, 2.05) is 0 Å². The van der Waals surface area contributed by atoms with Gasteiger partial charge >= 0.3 is 0 Å². The molecule has 1 rings (SSSR count). The molecule has 2 nitrogen and oxygen atoms in total. The van der Waals surface area contributed by atoms with Gasteiger partial charge in [0, 0.05) is 30.7 Å². The molecular formula is C12H26N2. The maximum Gasteiger partial charge on any atom is 0.0169 e. The maximum atomic E-state index is 3.58. The van der Waals surface area contributed by atoms with Crippen LogP contribution >= 0.6 is 0 Å². The minimum absolute atomic E-state index is 0.374. The Morgan fingerprint density at radius 1 is 1.21 bits per heavy atom. The predicted octanol–water partition coefficient (Wildman–Crippen LogP) is 2.25. The molecule has 0 aromatic carbocycles. The summed E-state index contributed by atoms with van der Waals surface area (Å²) in [6, 6.07) is 1.27. The van der Waals surface area contributed by atoms with E-state index in [1.54, 1.807) is 0 Å². The van der Waals surface area contributed by atoms with Crippen LogP contribution in [0, 0.1) is 0 Å². The lowest BCUT2D eigenvalue weighted by atomic mass is 9.94. The first-order valence-corrected chi connectivity index (χ1v) is 5.97. The first kappa shape index (κ1) is 12.0. The van der Waals surface area contributed by atoms with E-state index in [2.05, 4.69) is 44.8 Å². The summed E-state index contributed by atoms with van der Waals surface area (Å²) < 4.78 is 0. The van der Waals surface area contributed by atoms with Gasteiger partial charge in [-0.05, 0) is 34.1 Å². The molecule has 1 saturated heterocycles. The summed E-state index contributed by atoms with van der Waals surface area (Å²) in [7, 11) is 0. The topological polar surface area (TPSA) is 15.3 Å². The molecule has 1 heterocycles. The summed E-state index contributed by atoms with van der Waals surface area (Å²) in [5.41, 5.74) is 0.374. The van der Waals surface area contributed by atoms with Crippen LogP contribution < -0.4 is 5.32 Å². The molecule has 0 bridgehead atoms. The van der Waals surface area contributed by atoms with Gasteiger partial charge < -0.3 is 5.32 Å². The van der Waals surface area contributed by atoms with Crippen LogP contribution in [-0.2, 0) is 0 Å². The fourth-order valence-electron chi connectivity index (χ4n) is 2.59. The third-order valence-electron chi connectivity index (χ3n) is 3.28. The van der Waals surface area contributed by atoms with Crippen molar-refractivity contribution in [1.82, 2.24) is 10.2 Å². The number of nitrogens with one attached hydrogen (secondary N) is 1.